The number of thiophene rings is 1. The summed E-state index contributed by atoms with van der Waals surface area (Å²) in [6.07, 6.45) is 0.757. The Balaban J connectivity index is 3.11. The van der Waals surface area contributed by atoms with Crippen LogP contribution in [0.1, 0.15) is 36.9 Å². The van der Waals surface area contributed by atoms with Crippen LogP contribution in [-0.2, 0) is 14.8 Å². The quantitative estimate of drug-likeness (QED) is 0.756. The molecule has 0 saturated carbocycles. The normalized spacial score (nSPS) is 13.8. The van der Waals surface area contributed by atoms with Gasteiger partial charge in [-0.25, -0.2) is 13.2 Å². The van der Waals surface area contributed by atoms with Crippen molar-refractivity contribution in [3.63, 3.8) is 0 Å². The van der Waals surface area contributed by atoms with Gasteiger partial charge in [-0.2, -0.15) is 4.31 Å². The molecule has 0 aliphatic carbocycles. The molecular weight excluding hydrogens is 298 g/mol. The van der Waals surface area contributed by atoms with Gasteiger partial charge in [0, 0.05) is 13.1 Å². The molecule has 1 unspecified atom stereocenters. The van der Waals surface area contributed by atoms with E-state index < -0.39 is 16.0 Å². The number of rotatable bonds is 6. The average Bonchev–Trinajstić information content (AvgIpc) is 2.85. The van der Waals surface area contributed by atoms with Gasteiger partial charge in [0.05, 0.1) is 7.11 Å². The first-order valence-electron chi connectivity index (χ1n) is 6.35. The Labute approximate surface area is 124 Å². The first kappa shape index (κ1) is 17.1. The standard InChI is InChI=1S/C13H21NO4S2/c1-9(2)8-10(3)14(4)20(16,17)11-6-7-19-12(11)13(15)18-5/h6-7,9-10H,8H2,1-5H3. The molecule has 7 heteroatoms. The maximum atomic E-state index is 12.6. The zero-order valence-electron chi connectivity index (χ0n) is 12.4. The van der Waals surface area contributed by atoms with E-state index in [9.17, 15) is 13.2 Å². The molecule has 20 heavy (non-hydrogen) atoms. The van der Waals surface area contributed by atoms with E-state index in [1.165, 1.54) is 17.5 Å². The summed E-state index contributed by atoms with van der Waals surface area (Å²) in [5.74, 6) is -0.228. The summed E-state index contributed by atoms with van der Waals surface area (Å²) in [7, 11) is -0.901. The summed E-state index contributed by atoms with van der Waals surface area (Å²) in [6, 6.07) is 1.32. The highest BCUT2D eigenvalue weighted by atomic mass is 32.2. The fourth-order valence-corrected chi connectivity index (χ4v) is 4.64. The van der Waals surface area contributed by atoms with Gasteiger partial charge in [0.1, 0.15) is 9.77 Å². The highest BCUT2D eigenvalue weighted by Crippen LogP contribution is 2.27. The van der Waals surface area contributed by atoms with Crippen molar-refractivity contribution < 1.29 is 17.9 Å². The number of esters is 1. The highest BCUT2D eigenvalue weighted by Gasteiger charge is 2.31. The van der Waals surface area contributed by atoms with Gasteiger partial charge in [-0.05, 0) is 30.7 Å². The van der Waals surface area contributed by atoms with Gasteiger partial charge >= 0.3 is 5.97 Å². The lowest BCUT2D eigenvalue weighted by Gasteiger charge is -2.25. The zero-order valence-corrected chi connectivity index (χ0v) is 14.0. The van der Waals surface area contributed by atoms with Crippen LogP contribution in [-0.4, -0.2) is 38.9 Å². The van der Waals surface area contributed by atoms with Crippen LogP contribution in [0.3, 0.4) is 0 Å². The Bertz CT molecular complexity index is 563. The molecule has 1 rings (SSSR count). The monoisotopic (exact) mass is 319 g/mol. The number of carbonyl (C=O) groups is 1. The van der Waals surface area contributed by atoms with Crippen LogP contribution in [0.2, 0.25) is 0 Å². The summed E-state index contributed by atoms with van der Waals surface area (Å²) in [5.41, 5.74) is 0. The third-order valence-corrected chi connectivity index (χ3v) is 6.13. The first-order chi connectivity index (χ1) is 9.21. The van der Waals surface area contributed by atoms with E-state index in [1.54, 1.807) is 12.4 Å². The Morgan fingerprint density at radius 2 is 2.00 bits per heavy atom. The molecule has 1 aromatic rings. The van der Waals surface area contributed by atoms with Gasteiger partial charge in [-0.1, -0.05) is 13.8 Å². The zero-order chi connectivity index (χ0) is 15.5. The van der Waals surface area contributed by atoms with Gasteiger partial charge in [0.2, 0.25) is 10.0 Å². The molecule has 0 spiro atoms. The minimum atomic E-state index is -3.68. The SMILES string of the molecule is COC(=O)c1sccc1S(=O)(=O)N(C)C(C)CC(C)C. The lowest BCUT2D eigenvalue weighted by Crippen LogP contribution is -2.36. The lowest BCUT2D eigenvalue weighted by molar-refractivity contribution is 0.0602. The van der Waals surface area contributed by atoms with E-state index in [0.29, 0.717) is 5.92 Å². The van der Waals surface area contributed by atoms with E-state index >= 15 is 0 Å². The second kappa shape index (κ2) is 6.69. The Morgan fingerprint density at radius 1 is 1.40 bits per heavy atom. The number of sulfonamides is 1. The number of carbonyl (C=O) groups excluding carboxylic acids is 1. The van der Waals surface area contributed by atoms with Crippen molar-refractivity contribution >= 4 is 27.3 Å². The fourth-order valence-electron chi connectivity index (χ4n) is 1.96. The molecule has 114 valence electrons. The number of hydrogen-bond acceptors (Lipinski definition) is 5. The van der Waals surface area contributed by atoms with Crippen LogP contribution in [0, 0.1) is 5.92 Å². The Hall–Kier alpha value is -0.920. The first-order valence-corrected chi connectivity index (χ1v) is 8.67. The number of methoxy groups -OCH3 is 1. The lowest BCUT2D eigenvalue weighted by atomic mass is 10.1. The van der Waals surface area contributed by atoms with Gasteiger partial charge in [-0.3, -0.25) is 0 Å². The van der Waals surface area contributed by atoms with Gasteiger partial charge in [0.25, 0.3) is 0 Å². The highest BCUT2D eigenvalue weighted by molar-refractivity contribution is 7.89. The second-order valence-corrected chi connectivity index (χ2v) is 7.99. The summed E-state index contributed by atoms with van der Waals surface area (Å²) >= 11 is 1.07. The predicted molar refractivity (Wildman–Crippen MR) is 79.5 cm³/mol. The number of ether oxygens (including phenoxy) is 1. The van der Waals surface area contributed by atoms with Gasteiger partial charge < -0.3 is 4.74 Å². The average molecular weight is 319 g/mol. The molecule has 0 aromatic carbocycles. The van der Waals surface area contributed by atoms with Crippen LogP contribution in [0.5, 0.6) is 0 Å². The summed E-state index contributed by atoms with van der Waals surface area (Å²) < 4.78 is 31.1. The minimum Gasteiger partial charge on any atom is -0.465 e. The Morgan fingerprint density at radius 3 is 2.50 bits per heavy atom. The van der Waals surface area contributed by atoms with Crippen molar-refractivity contribution in [2.24, 2.45) is 5.92 Å². The maximum Gasteiger partial charge on any atom is 0.349 e. The van der Waals surface area contributed by atoms with E-state index in [1.807, 2.05) is 20.8 Å². The van der Waals surface area contributed by atoms with E-state index in [4.69, 9.17) is 0 Å². The Kier molecular flexibility index (Phi) is 5.73. The summed E-state index contributed by atoms with van der Waals surface area (Å²) in [4.78, 5) is 11.8. The van der Waals surface area contributed by atoms with Crippen LogP contribution in [0.25, 0.3) is 0 Å². The number of nitrogens with zero attached hydrogens (tertiary/aromatic N) is 1. The molecule has 1 atom stereocenters. The fraction of sp³-hybridized carbons (Fsp3) is 0.615. The van der Waals surface area contributed by atoms with Gasteiger partial charge in [-0.15, -0.1) is 11.3 Å². The molecule has 0 amide bonds. The molecule has 0 radical (unpaired) electrons. The van der Waals surface area contributed by atoms with Crippen molar-refractivity contribution in [1.29, 1.82) is 0 Å². The van der Waals surface area contributed by atoms with Crippen molar-refractivity contribution in [1.82, 2.24) is 4.31 Å². The summed E-state index contributed by atoms with van der Waals surface area (Å²) in [6.45, 7) is 5.95. The molecule has 0 N–H and O–H groups in total. The van der Waals surface area contributed by atoms with Crippen molar-refractivity contribution in [3.05, 3.63) is 16.3 Å². The summed E-state index contributed by atoms with van der Waals surface area (Å²) in [5, 5.41) is 1.58. The molecule has 1 aromatic heterocycles. The van der Waals surface area contributed by atoms with E-state index in [2.05, 4.69) is 4.74 Å². The third kappa shape index (κ3) is 3.59. The minimum absolute atomic E-state index is 0.0208. The van der Waals surface area contributed by atoms with Gasteiger partial charge in [0.15, 0.2) is 0 Å². The second-order valence-electron chi connectivity index (χ2n) is 5.11. The smallest absolute Gasteiger partial charge is 0.349 e. The molecule has 0 aliphatic rings. The third-order valence-electron chi connectivity index (χ3n) is 3.09. The van der Waals surface area contributed by atoms with Crippen LogP contribution in [0.15, 0.2) is 16.3 Å². The molecular formula is C13H21NO4S2. The molecule has 0 aliphatic heterocycles. The molecule has 1 heterocycles. The molecule has 0 saturated heterocycles. The van der Waals surface area contributed by atoms with E-state index in [-0.39, 0.29) is 15.8 Å². The van der Waals surface area contributed by atoms with Crippen molar-refractivity contribution in [2.45, 2.75) is 38.1 Å². The maximum absolute atomic E-state index is 12.6. The predicted octanol–water partition coefficient (Wildman–Crippen LogP) is 2.59. The van der Waals surface area contributed by atoms with Crippen LogP contribution < -0.4 is 0 Å². The molecule has 0 fully saturated rings. The van der Waals surface area contributed by atoms with Crippen molar-refractivity contribution in [2.75, 3.05) is 14.2 Å². The molecule has 0 bridgehead atoms. The van der Waals surface area contributed by atoms with Crippen LogP contribution in [0.4, 0.5) is 0 Å². The topological polar surface area (TPSA) is 63.7 Å². The van der Waals surface area contributed by atoms with Crippen molar-refractivity contribution in [3.8, 4) is 0 Å². The molecule has 5 nitrogen and oxygen atoms in total. The number of hydrogen-bond donors (Lipinski definition) is 0. The van der Waals surface area contributed by atoms with E-state index in [0.717, 1.165) is 17.8 Å². The largest absolute Gasteiger partial charge is 0.465 e. The van der Waals surface area contributed by atoms with Crippen LogP contribution >= 0.6 is 11.3 Å².